The molecule has 0 saturated heterocycles. The molecule has 4 nitrogen and oxygen atoms in total. The van der Waals surface area contributed by atoms with Crippen molar-refractivity contribution >= 4 is 50.1 Å². The first-order valence-electron chi connectivity index (χ1n) is 21.1. The van der Waals surface area contributed by atoms with Crippen LogP contribution in [0.4, 0.5) is 0 Å². The maximum Gasteiger partial charge on any atom is 0.488 e. The molecule has 0 aliphatic carbocycles. The number of hydrogen-bond acceptors (Lipinski definition) is 4. The zero-order chi connectivity index (χ0) is 44.3. The van der Waals surface area contributed by atoms with Crippen molar-refractivity contribution in [1.82, 2.24) is 0 Å². The maximum absolute atomic E-state index is 9.52. The Bertz CT molecular complexity index is 2990. The minimum Gasteiger partial charge on any atom is -0.496 e. The van der Waals surface area contributed by atoms with Gasteiger partial charge in [0.2, 0.25) is 0 Å². The van der Waals surface area contributed by atoms with E-state index < -0.39 is 7.12 Å². The van der Waals surface area contributed by atoms with Crippen molar-refractivity contribution in [3.63, 3.8) is 0 Å². The van der Waals surface area contributed by atoms with E-state index in [1.807, 2.05) is 97.1 Å². The molecule has 0 atom stereocenters. The van der Waals surface area contributed by atoms with Gasteiger partial charge in [0.25, 0.3) is 0 Å². The van der Waals surface area contributed by atoms with Gasteiger partial charge in [-0.3, -0.25) is 0 Å². The summed E-state index contributed by atoms with van der Waals surface area (Å²) in [6, 6.07) is 78.3. The number of rotatable bonds is 8. The van der Waals surface area contributed by atoms with Gasteiger partial charge in [-0.25, -0.2) is 0 Å². The second-order valence-corrected chi connectivity index (χ2v) is 16.0. The quantitative estimate of drug-likeness (QED) is 0.149. The lowest BCUT2D eigenvalue weighted by Crippen LogP contribution is -2.29. The molecule has 0 aromatic heterocycles. The van der Waals surface area contributed by atoms with Crippen molar-refractivity contribution in [1.29, 1.82) is 0 Å². The molecule has 10 rings (SSSR count). The summed E-state index contributed by atoms with van der Waals surface area (Å²) in [4.78, 5) is 0. The van der Waals surface area contributed by atoms with Crippen molar-refractivity contribution in [2.75, 3.05) is 14.2 Å². The molecule has 312 valence electrons. The van der Waals surface area contributed by atoms with Gasteiger partial charge < -0.3 is 19.5 Å². The molecule has 0 amide bonds. The first-order valence-corrected chi connectivity index (χ1v) is 21.8. The van der Waals surface area contributed by atoms with Crippen molar-refractivity contribution in [3.05, 3.63) is 235 Å². The molecule has 0 aliphatic heterocycles. The van der Waals surface area contributed by atoms with Gasteiger partial charge in [0.05, 0.1) is 14.2 Å². The lowest BCUT2D eigenvalue weighted by molar-refractivity contribution is 0.419. The smallest absolute Gasteiger partial charge is 0.488 e. The third kappa shape index (κ3) is 10.2. The van der Waals surface area contributed by atoms with Crippen LogP contribution < -0.4 is 14.9 Å². The summed E-state index contributed by atoms with van der Waals surface area (Å²) in [5, 5.41) is 23.7. The molecule has 6 heteroatoms. The van der Waals surface area contributed by atoms with Gasteiger partial charge in [-0.05, 0) is 114 Å². The van der Waals surface area contributed by atoms with E-state index in [2.05, 4.69) is 149 Å². The van der Waals surface area contributed by atoms with E-state index in [9.17, 15) is 10.0 Å². The van der Waals surface area contributed by atoms with Gasteiger partial charge in [-0.15, -0.1) is 0 Å². The number of halogens is 1. The van der Waals surface area contributed by atoms with Crippen molar-refractivity contribution in [2.24, 2.45) is 0 Å². The van der Waals surface area contributed by atoms with Crippen LogP contribution in [-0.4, -0.2) is 31.4 Å². The van der Waals surface area contributed by atoms with Crippen LogP contribution in [0.1, 0.15) is 0 Å². The molecule has 0 saturated carbocycles. The minimum absolute atomic E-state index is 0.496. The third-order valence-electron chi connectivity index (χ3n) is 11.1. The summed E-state index contributed by atoms with van der Waals surface area (Å²) >= 11 is 3.50. The Labute approximate surface area is 384 Å². The van der Waals surface area contributed by atoms with Gasteiger partial charge >= 0.3 is 7.12 Å². The molecule has 0 unspecified atom stereocenters. The molecule has 2 N–H and O–H groups in total. The van der Waals surface area contributed by atoms with E-state index in [4.69, 9.17) is 9.47 Å². The van der Waals surface area contributed by atoms with E-state index in [0.29, 0.717) is 5.46 Å². The molecule has 0 bridgehead atoms. The summed E-state index contributed by atoms with van der Waals surface area (Å²) in [5.74, 6) is 1.82. The first-order chi connectivity index (χ1) is 31.4. The highest BCUT2D eigenvalue weighted by atomic mass is 79.9. The van der Waals surface area contributed by atoms with Gasteiger partial charge in [0, 0.05) is 15.2 Å². The van der Waals surface area contributed by atoms with E-state index in [1.165, 1.54) is 44.2 Å². The van der Waals surface area contributed by atoms with Crippen LogP contribution in [0.2, 0.25) is 0 Å². The molecule has 0 heterocycles. The van der Waals surface area contributed by atoms with Crippen LogP contribution in [0.5, 0.6) is 11.5 Å². The minimum atomic E-state index is -1.48. The van der Waals surface area contributed by atoms with E-state index in [1.54, 1.807) is 14.2 Å². The van der Waals surface area contributed by atoms with Gasteiger partial charge in [-0.2, -0.15) is 0 Å². The maximum atomic E-state index is 9.52. The highest BCUT2D eigenvalue weighted by Crippen LogP contribution is 2.39. The Morgan fingerprint density at radius 3 is 1.06 bits per heavy atom. The zero-order valence-electron chi connectivity index (χ0n) is 35.6. The molecule has 0 fully saturated rings. The molecule has 10 aromatic rings. The number of ether oxygens (including phenoxy) is 2. The fourth-order valence-corrected chi connectivity index (χ4v) is 8.36. The van der Waals surface area contributed by atoms with E-state index >= 15 is 0 Å². The summed E-state index contributed by atoms with van der Waals surface area (Å²) < 4.78 is 12.0. The molecule has 64 heavy (non-hydrogen) atoms. The van der Waals surface area contributed by atoms with Crippen LogP contribution in [0.3, 0.4) is 0 Å². The molecule has 0 aliphatic rings. The third-order valence-corrected chi connectivity index (χ3v) is 11.8. The van der Waals surface area contributed by atoms with Crippen LogP contribution in [0.25, 0.3) is 77.2 Å². The second-order valence-electron chi connectivity index (χ2n) is 15.1. The molecule has 10 aromatic carbocycles. The molecular formula is C58H46BBrO4. The highest BCUT2D eigenvalue weighted by molar-refractivity contribution is 9.10. The Morgan fingerprint density at radius 2 is 0.656 bits per heavy atom. The topological polar surface area (TPSA) is 58.9 Å². The van der Waals surface area contributed by atoms with Gasteiger partial charge in [0.1, 0.15) is 11.5 Å². The lowest BCUT2D eigenvalue weighted by Gasteiger charge is -2.14. The van der Waals surface area contributed by atoms with Gasteiger partial charge in [0.15, 0.2) is 0 Å². The largest absolute Gasteiger partial charge is 0.496 e. The van der Waals surface area contributed by atoms with E-state index in [-0.39, 0.29) is 0 Å². The summed E-state index contributed by atoms with van der Waals surface area (Å²) in [6.45, 7) is 0. The second kappa shape index (κ2) is 20.8. The van der Waals surface area contributed by atoms with Gasteiger partial charge in [-0.1, -0.05) is 204 Å². The fourth-order valence-electron chi connectivity index (χ4n) is 7.89. The Morgan fingerprint density at radius 1 is 0.328 bits per heavy atom. The average Bonchev–Trinajstić information content (AvgIpc) is 3.37. The normalized spacial score (nSPS) is 10.6. The standard InChI is InChI=1S/C29H22O.C18H15BO2.C11H9BrO/c1-30-29-17-16-26(27-14-8-9-15-28(27)29)25-19-23(21-10-4-2-5-11-21)18-24(20-25)22-12-6-3-7-13-22;20-19(21)18-12-16(14-7-3-1-4-8-14)11-17(13-18)15-9-5-2-6-10-15;1-13-11-7-6-10(12)8-4-2-3-5-9(8)11/h2-20H,1H3;1-13,20-21H;2-7H,1H3. The van der Waals surface area contributed by atoms with Crippen LogP contribution in [-0.2, 0) is 0 Å². The average molecular weight is 898 g/mol. The highest BCUT2D eigenvalue weighted by Gasteiger charge is 2.15. The Balaban J connectivity index is 0.000000143. The number of hydrogen-bond donors (Lipinski definition) is 2. The molecule has 0 radical (unpaired) electrons. The summed E-state index contributed by atoms with van der Waals surface area (Å²) in [6.07, 6.45) is 0. The van der Waals surface area contributed by atoms with Crippen LogP contribution in [0.15, 0.2) is 235 Å². The Kier molecular flexibility index (Phi) is 14.1. The monoisotopic (exact) mass is 896 g/mol. The van der Waals surface area contributed by atoms with E-state index in [0.717, 1.165) is 49.0 Å². The zero-order valence-corrected chi connectivity index (χ0v) is 37.2. The van der Waals surface area contributed by atoms with Crippen LogP contribution in [0, 0.1) is 0 Å². The van der Waals surface area contributed by atoms with Crippen molar-refractivity contribution in [3.8, 4) is 67.1 Å². The van der Waals surface area contributed by atoms with Crippen molar-refractivity contribution in [2.45, 2.75) is 0 Å². The van der Waals surface area contributed by atoms with Crippen LogP contribution >= 0.6 is 15.9 Å². The predicted octanol–water partition coefficient (Wildman–Crippen LogP) is 14.2. The van der Waals surface area contributed by atoms with Crippen molar-refractivity contribution < 1.29 is 19.5 Å². The fraction of sp³-hybridized carbons (Fsp3) is 0.0345. The summed E-state index contributed by atoms with van der Waals surface area (Å²) in [7, 11) is 1.94. The Hall–Kier alpha value is -7.22. The summed E-state index contributed by atoms with van der Waals surface area (Å²) in [5.41, 5.74) is 11.8. The number of fused-ring (bicyclic) bond motifs is 2. The number of methoxy groups -OCH3 is 2. The number of benzene rings is 10. The molecule has 0 spiro atoms. The first kappa shape index (κ1) is 43.4. The SMILES string of the molecule is COc1ccc(-c2cc(-c3ccccc3)cc(-c3ccccc3)c2)c2ccccc12.COc1ccc(Br)c2ccccc12.OB(O)c1cc(-c2ccccc2)cc(-c2ccccc2)c1. The predicted molar refractivity (Wildman–Crippen MR) is 272 cm³/mol. The lowest BCUT2D eigenvalue weighted by atomic mass is 9.77. The molecular weight excluding hydrogens is 851 g/mol.